The van der Waals surface area contributed by atoms with Gasteiger partial charge < -0.3 is 9.22 Å². The fourth-order valence-electron chi connectivity index (χ4n) is 2.16. The van der Waals surface area contributed by atoms with E-state index in [0.717, 1.165) is 17.4 Å². The van der Waals surface area contributed by atoms with Crippen LogP contribution >= 0.6 is 0 Å². The van der Waals surface area contributed by atoms with Crippen molar-refractivity contribution in [3.63, 3.8) is 0 Å². The van der Waals surface area contributed by atoms with Gasteiger partial charge in [0, 0.05) is 0 Å². The minimum absolute atomic E-state index is 0.0816. The Kier molecular flexibility index (Phi) is 5.22. The molecule has 1 atom stereocenters. The molecule has 0 radical (unpaired) electrons. The topological polar surface area (TPSA) is 26.3 Å². The fraction of sp³-hybridized carbons (Fsp3) is 0.350. The molecule has 0 saturated carbocycles. The highest BCUT2D eigenvalue weighted by Gasteiger charge is 2.39. The van der Waals surface area contributed by atoms with E-state index < -0.39 is 14.4 Å². The Labute approximate surface area is 140 Å². The Hall–Kier alpha value is -1.71. The van der Waals surface area contributed by atoms with Crippen LogP contribution in [0.3, 0.4) is 0 Å². The van der Waals surface area contributed by atoms with Crippen molar-refractivity contribution >= 4 is 14.6 Å². The summed E-state index contributed by atoms with van der Waals surface area (Å²) in [5, 5.41) is 0.0816. The minimum Gasteiger partial charge on any atom is -0.403 e. The van der Waals surface area contributed by atoms with Crippen molar-refractivity contribution in [1.29, 1.82) is 0 Å². The van der Waals surface area contributed by atoms with Gasteiger partial charge in [-0.3, -0.25) is 0 Å². The summed E-state index contributed by atoms with van der Waals surface area (Å²) in [7, 11) is -1.98. The van der Waals surface area contributed by atoms with E-state index in [9.17, 15) is 4.79 Å². The number of carbonyl (C=O) groups excluding carboxylic acids is 1. The van der Waals surface area contributed by atoms with Gasteiger partial charge in [0.05, 0.1) is 0 Å². The average molecular weight is 327 g/mol. The van der Waals surface area contributed by atoms with Gasteiger partial charge in [0.15, 0.2) is 14.6 Å². The summed E-state index contributed by atoms with van der Waals surface area (Å²) in [5.74, 6) is 0. The zero-order valence-electron chi connectivity index (χ0n) is 14.7. The van der Waals surface area contributed by atoms with E-state index in [-0.39, 0.29) is 5.04 Å². The van der Waals surface area contributed by atoms with E-state index >= 15 is 0 Å². The molecule has 2 aromatic rings. The average Bonchev–Trinajstić information content (AvgIpc) is 2.52. The van der Waals surface area contributed by atoms with E-state index in [4.69, 9.17) is 4.43 Å². The van der Waals surface area contributed by atoms with E-state index in [1.807, 2.05) is 30.3 Å². The Bertz CT molecular complexity index is 640. The molecule has 0 aliphatic carbocycles. The van der Waals surface area contributed by atoms with Gasteiger partial charge >= 0.3 is 0 Å². The smallest absolute Gasteiger partial charge is 0.193 e. The van der Waals surface area contributed by atoms with Gasteiger partial charge in [0.2, 0.25) is 0 Å². The summed E-state index contributed by atoms with van der Waals surface area (Å²) in [5.41, 5.74) is 3.24. The van der Waals surface area contributed by atoms with Gasteiger partial charge in [-0.2, -0.15) is 0 Å². The number of rotatable bonds is 5. The molecule has 0 unspecified atom stereocenters. The van der Waals surface area contributed by atoms with Crippen LogP contribution in [0.25, 0.3) is 11.1 Å². The number of benzene rings is 2. The fourth-order valence-corrected chi connectivity index (χ4v) is 3.34. The van der Waals surface area contributed by atoms with Crippen molar-refractivity contribution in [3.05, 3.63) is 60.2 Å². The van der Waals surface area contributed by atoms with Crippen LogP contribution in [0.5, 0.6) is 0 Å². The van der Waals surface area contributed by atoms with E-state index in [1.54, 1.807) is 0 Å². The summed E-state index contributed by atoms with van der Waals surface area (Å²) in [6, 6.07) is 18.3. The Balaban J connectivity index is 2.21. The highest BCUT2D eigenvalue weighted by atomic mass is 28.4. The first-order valence-corrected chi connectivity index (χ1v) is 10.9. The predicted molar refractivity (Wildman–Crippen MR) is 99.0 cm³/mol. The van der Waals surface area contributed by atoms with E-state index in [0.29, 0.717) is 0 Å². The van der Waals surface area contributed by atoms with Crippen molar-refractivity contribution in [2.75, 3.05) is 0 Å². The molecular formula is C20H26O2Si. The molecule has 0 aromatic heterocycles. The first-order valence-electron chi connectivity index (χ1n) is 8.03. The third-order valence-corrected chi connectivity index (χ3v) is 9.15. The van der Waals surface area contributed by atoms with Crippen LogP contribution in [0, 0.1) is 0 Å². The molecule has 0 aliphatic heterocycles. The Morgan fingerprint density at radius 2 is 1.43 bits per heavy atom. The second-order valence-corrected chi connectivity index (χ2v) is 12.2. The highest BCUT2D eigenvalue weighted by molar-refractivity contribution is 6.74. The first kappa shape index (κ1) is 17.6. The quantitative estimate of drug-likeness (QED) is 0.527. The maximum atomic E-state index is 11.6. The summed E-state index contributed by atoms with van der Waals surface area (Å²) in [6.07, 6.45) is 0.429. The molecule has 0 bridgehead atoms. The van der Waals surface area contributed by atoms with Gasteiger partial charge in [0.1, 0.15) is 6.10 Å². The summed E-state index contributed by atoms with van der Waals surface area (Å²) < 4.78 is 6.25. The van der Waals surface area contributed by atoms with Gasteiger partial charge in [-0.05, 0) is 34.8 Å². The Morgan fingerprint density at radius 1 is 0.913 bits per heavy atom. The molecular weight excluding hydrogens is 300 g/mol. The number of carbonyl (C=O) groups is 1. The summed E-state index contributed by atoms with van der Waals surface area (Å²) in [4.78, 5) is 11.6. The third kappa shape index (κ3) is 4.18. The van der Waals surface area contributed by atoms with Crippen molar-refractivity contribution in [1.82, 2.24) is 0 Å². The van der Waals surface area contributed by atoms with E-state index in [1.165, 1.54) is 5.56 Å². The second kappa shape index (κ2) is 6.81. The molecule has 23 heavy (non-hydrogen) atoms. The van der Waals surface area contributed by atoms with Crippen molar-refractivity contribution in [3.8, 4) is 11.1 Å². The molecule has 2 aromatic carbocycles. The molecule has 0 saturated heterocycles. The molecule has 0 heterocycles. The maximum absolute atomic E-state index is 11.6. The molecule has 122 valence electrons. The minimum atomic E-state index is -1.98. The van der Waals surface area contributed by atoms with Gasteiger partial charge in [-0.1, -0.05) is 75.4 Å². The van der Waals surface area contributed by atoms with Crippen molar-refractivity contribution in [2.24, 2.45) is 0 Å². The zero-order chi connectivity index (χ0) is 17.1. The lowest BCUT2D eigenvalue weighted by Gasteiger charge is -2.38. The van der Waals surface area contributed by atoms with E-state index in [2.05, 4.69) is 58.1 Å². The molecule has 0 fully saturated rings. The maximum Gasteiger partial charge on any atom is 0.193 e. The largest absolute Gasteiger partial charge is 0.403 e. The molecule has 0 aliphatic rings. The predicted octanol–water partition coefficient (Wildman–Crippen LogP) is 5.62. The summed E-state index contributed by atoms with van der Waals surface area (Å²) in [6.45, 7) is 10.9. The van der Waals surface area contributed by atoms with Crippen LogP contribution in [-0.4, -0.2) is 14.6 Å². The monoisotopic (exact) mass is 326 g/mol. The number of hydrogen-bond donors (Lipinski definition) is 0. The zero-order valence-corrected chi connectivity index (χ0v) is 15.7. The second-order valence-electron chi connectivity index (χ2n) is 7.42. The molecule has 2 nitrogen and oxygen atoms in total. The Morgan fingerprint density at radius 3 is 1.91 bits per heavy atom. The van der Waals surface area contributed by atoms with Crippen LogP contribution in [0.2, 0.25) is 18.1 Å². The first-order chi connectivity index (χ1) is 10.7. The van der Waals surface area contributed by atoms with Crippen molar-refractivity contribution < 1.29 is 9.22 Å². The molecule has 0 spiro atoms. The lowest BCUT2D eigenvalue weighted by atomic mass is 10.0. The van der Waals surface area contributed by atoms with Crippen LogP contribution < -0.4 is 0 Å². The van der Waals surface area contributed by atoms with Crippen LogP contribution in [0.15, 0.2) is 54.6 Å². The molecule has 0 N–H and O–H groups in total. The van der Waals surface area contributed by atoms with Crippen molar-refractivity contribution in [2.45, 2.75) is 45.0 Å². The lowest BCUT2D eigenvalue weighted by Crippen LogP contribution is -2.42. The SMILES string of the molecule is CC(C)(C)[Si](C)(C)O[C@H](C=O)c1ccc(-c2ccccc2)cc1. The van der Waals surface area contributed by atoms with Crippen LogP contribution in [-0.2, 0) is 9.22 Å². The standard InChI is InChI=1S/C20H26O2Si/c1-20(2,3)23(4,5)22-19(15-21)18-13-11-17(12-14-18)16-9-7-6-8-10-16/h6-15,19H,1-5H3/t19-/m1/s1. The van der Waals surface area contributed by atoms with Gasteiger partial charge in [-0.25, -0.2) is 0 Å². The number of hydrogen-bond acceptors (Lipinski definition) is 2. The highest BCUT2D eigenvalue weighted by Crippen LogP contribution is 2.39. The molecule has 0 amide bonds. The van der Waals surface area contributed by atoms with Crippen LogP contribution in [0.4, 0.5) is 0 Å². The lowest BCUT2D eigenvalue weighted by molar-refractivity contribution is -0.114. The number of aldehydes is 1. The molecule has 3 heteroatoms. The molecule has 2 rings (SSSR count). The normalized spacial score (nSPS) is 13.6. The third-order valence-electron chi connectivity index (χ3n) is 4.70. The van der Waals surface area contributed by atoms with Gasteiger partial charge in [-0.15, -0.1) is 0 Å². The van der Waals surface area contributed by atoms with Crippen LogP contribution in [0.1, 0.15) is 32.4 Å². The van der Waals surface area contributed by atoms with Gasteiger partial charge in [0.25, 0.3) is 0 Å². The summed E-state index contributed by atoms with van der Waals surface area (Å²) >= 11 is 0.